The second-order valence-corrected chi connectivity index (χ2v) is 8.92. The van der Waals surface area contributed by atoms with Crippen LogP contribution in [-0.2, 0) is 5.75 Å². The zero-order chi connectivity index (χ0) is 22.1. The molecule has 0 fully saturated rings. The van der Waals surface area contributed by atoms with E-state index in [1.54, 1.807) is 4.57 Å². The van der Waals surface area contributed by atoms with Gasteiger partial charge < -0.3 is 9.52 Å². The van der Waals surface area contributed by atoms with Gasteiger partial charge in [0.25, 0.3) is 5.56 Å². The average molecular weight is 461 g/mol. The van der Waals surface area contributed by atoms with Crippen molar-refractivity contribution in [3.63, 3.8) is 0 Å². The highest BCUT2D eigenvalue weighted by Crippen LogP contribution is 2.33. The summed E-state index contributed by atoms with van der Waals surface area (Å²) < 4.78 is 6.88. The van der Waals surface area contributed by atoms with Crippen LogP contribution in [0.1, 0.15) is 5.76 Å². The average Bonchev–Trinajstić information content (AvgIpc) is 3.26. The van der Waals surface area contributed by atoms with Crippen LogP contribution in [0.3, 0.4) is 0 Å². The minimum Gasteiger partial charge on any atom is -0.502 e. The molecule has 0 aliphatic heterocycles. The van der Waals surface area contributed by atoms with Crippen LogP contribution in [0.4, 0.5) is 0 Å². The Morgan fingerprint density at radius 3 is 2.44 bits per heavy atom. The van der Waals surface area contributed by atoms with Crippen LogP contribution in [0.15, 0.2) is 98.2 Å². The van der Waals surface area contributed by atoms with E-state index in [-0.39, 0.29) is 11.3 Å². The normalized spacial score (nSPS) is 11.1. The van der Waals surface area contributed by atoms with E-state index >= 15 is 0 Å². The first kappa shape index (κ1) is 20.3. The third-order valence-electron chi connectivity index (χ3n) is 4.82. The van der Waals surface area contributed by atoms with Crippen LogP contribution in [0.25, 0.3) is 26.3 Å². The molecule has 3 heterocycles. The molecule has 32 heavy (non-hydrogen) atoms. The summed E-state index contributed by atoms with van der Waals surface area (Å²) in [6.07, 6.45) is 1.02. The molecular formula is C24H16N2O4S2. The third-order valence-corrected chi connectivity index (χ3v) is 6.86. The van der Waals surface area contributed by atoms with E-state index in [4.69, 9.17) is 9.40 Å². The first-order chi connectivity index (χ1) is 15.6. The Morgan fingerprint density at radius 2 is 1.72 bits per heavy atom. The number of para-hydroxylation sites is 1. The van der Waals surface area contributed by atoms with E-state index in [1.807, 2.05) is 66.7 Å². The van der Waals surface area contributed by atoms with E-state index in [0.717, 1.165) is 16.7 Å². The highest BCUT2D eigenvalue weighted by Gasteiger charge is 2.17. The summed E-state index contributed by atoms with van der Waals surface area (Å²) >= 11 is 2.75. The van der Waals surface area contributed by atoms with Gasteiger partial charge in [-0.2, -0.15) is 0 Å². The van der Waals surface area contributed by atoms with Gasteiger partial charge in [0.15, 0.2) is 10.9 Å². The van der Waals surface area contributed by atoms with E-state index in [1.165, 1.54) is 29.2 Å². The summed E-state index contributed by atoms with van der Waals surface area (Å²) in [6, 6.07) is 22.3. The standard InChI is InChI=1S/C24H16N2O4S2/c27-19-11-17(30-13-20(19)28)14-31-24-25-22-18(12-21(32-22)15-7-3-1-4-8-15)23(29)26(24)16-9-5-2-6-10-16/h1-13,28H,14H2. The molecule has 5 rings (SSSR count). The van der Waals surface area contributed by atoms with Gasteiger partial charge >= 0.3 is 0 Å². The van der Waals surface area contributed by atoms with Gasteiger partial charge in [0, 0.05) is 10.9 Å². The second kappa shape index (κ2) is 8.49. The summed E-state index contributed by atoms with van der Waals surface area (Å²) in [5.41, 5.74) is 1.06. The second-order valence-electron chi connectivity index (χ2n) is 6.95. The van der Waals surface area contributed by atoms with Gasteiger partial charge in [0.05, 0.1) is 16.8 Å². The number of hydrogen-bond acceptors (Lipinski definition) is 7. The van der Waals surface area contributed by atoms with Gasteiger partial charge in [-0.05, 0) is 23.8 Å². The quantitative estimate of drug-likeness (QED) is 0.291. The molecule has 8 heteroatoms. The Kier molecular flexibility index (Phi) is 5.38. The number of hydrogen-bond donors (Lipinski definition) is 1. The zero-order valence-electron chi connectivity index (χ0n) is 16.6. The molecule has 0 amide bonds. The number of aromatic hydroxyl groups is 1. The first-order valence-electron chi connectivity index (χ1n) is 9.71. The first-order valence-corrected chi connectivity index (χ1v) is 11.5. The van der Waals surface area contributed by atoms with Crippen molar-refractivity contribution in [2.24, 2.45) is 0 Å². The molecule has 0 radical (unpaired) electrons. The van der Waals surface area contributed by atoms with Crippen molar-refractivity contribution >= 4 is 33.3 Å². The van der Waals surface area contributed by atoms with Crippen LogP contribution < -0.4 is 11.0 Å². The van der Waals surface area contributed by atoms with Gasteiger partial charge in [-0.3, -0.25) is 14.2 Å². The third kappa shape index (κ3) is 3.86. The van der Waals surface area contributed by atoms with E-state index in [9.17, 15) is 14.7 Å². The highest BCUT2D eigenvalue weighted by molar-refractivity contribution is 7.98. The lowest BCUT2D eigenvalue weighted by atomic mass is 10.2. The molecule has 0 atom stereocenters. The largest absolute Gasteiger partial charge is 0.502 e. The minimum absolute atomic E-state index is 0.158. The van der Waals surface area contributed by atoms with Crippen molar-refractivity contribution in [3.8, 4) is 21.9 Å². The van der Waals surface area contributed by atoms with E-state index in [0.29, 0.717) is 26.8 Å². The van der Waals surface area contributed by atoms with Crippen LogP contribution in [0.2, 0.25) is 0 Å². The number of rotatable bonds is 5. The summed E-state index contributed by atoms with van der Waals surface area (Å²) in [7, 11) is 0. The molecule has 0 saturated carbocycles. The molecular weight excluding hydrogens is 444 g/mol. The van der Waals surface area contributed by atoms with Gasteiger partial charge in [-0.15, -0.1) is 11.3 Å². The predicted octanol–water partition coefficient (Wildman–Crippen LogP) is 5.07. The van der Waals surface area contributed by atoms with Crippen LogP contribution >= 0.6 is 23.1 Å². The maximum Gasteiger partial charge on any atom is 0.267 e. The van der Waals surface area contributed by atoms with Crippen LogP contribution in [-0.4, -0.2) is 14.7 Å². The number of aromatic nitrogens is 2. The molecule has 1 N–H and O–H groups in total. The Morgan fingerprint density at radius 1 is 1.00 bits per heavy atom. The van der Waals surface area contributed by atoms with Crippen molar-refractivity contribution in [1.82, 2.24) is 9.55 Å². The molecule has 158 valence electrons. The maximum atomic E-state index is 13.5. The van der Waals surface area contributed by atoms with Crippen molar-refractivity contribution in [2.45, 2.75) is 10.9 Å². The molecule has 5 aromatic rings. The molecule has 0 saturated heterocycles. The zero-order valence-corrected chi connectivity index (χ0v) is 18.2. The molecule has 0 unspecified atom stereocenters. The van der Waals surface area contributed by atoms with Crippen LogP contribution in [0.5, 0.6) is 5.75 Å². The van der Waals surface area contributed by atoms with Crippen molar-refractivity contribution in [3.05, 3.63) is 105 Å². The number of thiophene rings is 1. The molecule has 0 bridgehead atoms. The number of thioether (sulfide) groups is 1. The fourth-order valence-electron chi connectivity index (χ4n) is 3.26. The molecule has 6 nitrogen and oxygen atoms in total. The summed E-state index contributed by atoms with van der Waals surface area (Å²) in [6.45, 7) is 0. The molecule has 0 aliphatic rings. The lowest BCUT2D eigenvalue weighted by Crippen LogP contribution is -2.21. The predicted molar refractivity (Wildman–Crippen MR) is 127 cm³/mol. The Labute approximate surface area is 190 Å². The van der Waals surface area contributed by atoms with E-state index in [2.05, 4.69) is 0 Å². The highest BCUT2D eigenvalue weighted by atomic mass is 32.2. The lowest BCUT2D eigenvalue weighted by molar-refractivity contribution is 0.419. The van der Waals surface area contributed by atoms with Crippen molar-refractivity contribution < 1.29 is 9.52 Å². The summed E-state index contributed by atoms with van der Waals surface area (Å²) in [5.74, 6) is 0.214. The van der Waals surface area contributed by atoms with Gasteiger partial charge in [-0.25, -0.2) is 4.98 Å². The lowest BCUT2D eigenvalue weighted by Gasteiger charge is -2.11. The molecule has 0 spiro atoms. The number of fused-ring (bicyclic) bond motifs is 1. The van der Waals surface area contributed by atoms with Crippen molar-refractivity contribution in [2.75, 3.05) is 0 Å². The maximum absolute atomic E-state index is 13.5. The monoisotopic (exact) mass is 460 g/mol. The SMILES string of the molecule is O=c1cc(CSc2nc3sc(-c4ccccc4)cc3c(=O)n2-c2ccccc2)occ1O. The topological polar surface area (TPSA) is 85.3 Å². The molecule has 2 aromatic carbocycles. The summed E-state index contributed by atoms with van der Waals surface area (Å²) in [5, 5.41) is 10.4. The minimum atomic E-state index is -0.513. The Bertz CT molecular complexity index is 1520. The van der Waals surface area contributed by atoms with Crippen molar-refractivity contribution in [1.29, 1.82) is 0 Å². The summed E-state index contributed by atoms with van der Waals surface area (Å²) in [4.78, 5) is 31.6. The fourth-order valence-corrected chi connectivity index (χ4v) is 5.24. The number of benzene rings is 2. The number of nitrogens with zero attached hydrogens (tertiary/aromatic N) is 2. The molecule has 3 aromatic heterocycles. The van der Waals surface area contributed by atoms with E-state index < -0.39 is 11.2 Å². The van der Waals surface area contributed by atoms with Gasteiger partial charge in [0.2, 0.25) is 5.43 Å². The van der Waals surface area contributed by atoms with Crippen LogP contribution in [0, 0.1) is 0 Å². The smallest absolute Gasteiger partial charge is 0.267 e. The fraction of sp³-hybridized carbons (Fsp3) is 0.0417. The van der Waals surface area contributed by atoms with Gasteiger partial charge in [0.1, 0.15) is 16.9 Å². The molecule has 0 aliphatic carbocycles. The van der Waals surface area contributed by atoms with Gasteiger partial charge in [-0.1, -0.05) is 60.3 Å². The Hall–Kier alpha value is -3.62. The Balaban J connectivity index is 1.63.